The van der Waals surface area contributed by atoms with E-state index >= 15 is 0 Å². The summed E-state index contributed by atoms with van der Waals surface area (Å²) < 4.78 is 13.9. The highest BCUT2D eigenvalue weighted by Gasteiger charge is 2.12. The Balaban J connectivity index is 1.89. The number of carbonyl (C=O) groups excluding carboxylic acids is 2. The van der Waals surface area contributed by atoms with Crippen LogP contribution in [0.25, 0.3) is 0 Å². The van der Waals surface area contributed by atoms with Crippen LogP contribution in [-0.4, -0.2) is 18.0 Å². The van der Waals surface area contributed by atoms with Gasteiger partial charge in [0.2, 0.25) is 0 Å². The Morgan fingerprint density at radius 1 is 1.09 bits per heavy atom. The zero-order valence-corrected chi connectivity index (χ0v) is 12.8. The van der Waals surface area contributed by atoms with E-state index in [1.807, 2.05) is 12.1 Å². The molecule has 0 aliphatic rings. The van der Waals surface area contributed by atoms with Crippen molar-refractivity contribution < 1.29 is 14.0 Å². The van der Waals surface area contributed by atoms with Gasteiger partial charge < -0.3 is 5.32 Å². The van der Waals surface area contributed by atoms with Gasteiger partial charge in [0, 0.05) is 10.2 Å². The molecule has 0 aliphatic heterocycles. The van der Waals surface area contributed by atoms with Gasteiger partial charge >= 0.3 is 11.8 Å². The molecule has 2 aromatic rings. The van der Waals surface area contributed by atoms with Crippen molar-refractivity contribution in [1.29, 1.82) is 0 Å². The molecule has 2 aromatic carbocycles. The molecule has 0 aromatic heterocycles. The first kappa shape index (κ1) is 15.8. The molecule has 0 fully saturated rings. The molecule has 0 radical (unpaired) electrons. The highest BCUT2D eigenvalue weighted by atomic mass is 79.9. The van der Waals surface area contributed by atoms with Crippen LogP contribution >= 0.6 is 15.9 Å². The fourth-order valence-electron chi connectivity index (χ4n) is 1.52. The van der Waals surface area contributed by atoms with E-state index in [-0.39, 0.29) is 5.69 Å². The van der Waals surface area contributed by atoms with E-state index in [4.69, 9.17) is 0 Å². The van der Waals surface area contributed by atoms with Crippen LogP contribution in [0.1, 0.15) is 5.56 Å². The van der Waals surface area contributed by atoms with Gasteiger partial charge in [0.15, 0.2) is 0 Å². The predicted octanol–water partition coefficient (Wildman–Crippen LogP) is 2.68. The zero-order valence-electron chi connectivity index (χ0n) is 11.2. The van der Waals surface area contributed by atoms with Crippen molar-refractivity contribution in [3.63, 3.8) is 0 Å². The summed E-state index contributed by atoms with van der Waals surface area (Å²) in [5, 5.41) is 5.94. The first-order chi connectivity index (χ1) is 10.5. The molecule has 2 amide bonds. The van der Waals surface area contributed by atoms with Crippen LogP contribution in [0.3, 0.4) is 0 Å². The highest BCUT2D eigenvalue weighted by Crippen LogP contribution is 2.09. The van der Waals surface area contributed by atoms with Crippen molar-refractivity contribution in [1.82, 2.24) is 5.43 Å². The van der Waals surface area contributed by atoms with E-state index < -0.39 is 17.6 Å². The first-order valence-corrected chi connectivity index (χ1v) is 6.99. The maximum atomic E-state index is 13.0. The summed E-state index contributed by atoms with van der Waals surface area (Å²) in [6.45, 7) is 0. The molecule has 2 N–H and O–H groups in total. The number of hydrogen-bond acceptors (Lipinski definition) is 3. The SMILES string of the molecule is O=C(NN=Cc1ccc(Br)cc1)C(=O)Nc1cccc(F)c1. The number of hydrazone groups is 1. The number of nitrogens with zero attached hydrogens (tertiary/aromatic N) is 1. The van der Waals surface area contributed by atoms with E-state index in [1.54, 1.807) is 12.1 Å². The Morgan fingerprint density at radius 3 is 2.50 bits per heavy atom. The molecule has 0 bridgehead atoms. The van der Waals surface area contributed by atoms with Gasteiger partial charge in [-0.05, 0) is 35.9 Å². The molecule has 0 spiro atoms. The Morgan fingerprint density at radius 2 is 1.82 bits per heavy atom. The van der Waals surface area contributed by atoms with Gasteiger partial charge in [-0.3, -0.25) is 9.59 Å². The maximum Gasteiger partial charge on any atom is 0.329 e. The van der Waals surface area contributed by atoms with Crippen LogP contribution < -0.4 is 10.7 Å². The molecule has 5 nitrogen and oxygen atoms in total. The van der Waals surface area contributed by atoms with E-state index in [1.165, 1.54) is 24.4 Å². The highest BCUT2D eigenvalue weighted by molar-refractivity contribution is 9.10. The smallest absolute Gasteiger partial charge is 0.318 e. The van der Waals surface area contributed by atoms with Gasteiger partial charge in [0.1, 0.15) is 5.82 Å². The normalized spacial score (nSPS) is 10.5. The Hall–Kier alpha value is -2.54. The number of hydrogen-bond donors (Lipinski definition) is 2. The van der Waals surface area contributed by atoms with Crippen LogP contribution in [0, 0.1) is 5.82 Å². The van der Waals surface area contributed by atoms with Crippen LogP contribution in [0.4, 0.5) is 10.1 Å². The Kier molecular flexibility index (Phi) is 5.37. The summed E-state index contributed by atoms with van der Waals surface area (Å²) in [4.78, 5) is 23.1. The second kappa shape index (κ2) is 7.46. The Labute approximate surface area is 134 Å². The minimum absolute atomic E-state index is 0.192. The van der Waals surface area contributed by atoms with Crippen molar-refractivity contribution in [3.8, 4) is 0 Å². The van der Waals surface area contributed by atoms with E-state index in [2.05, 4.69) is 31.8 Å². The lowest BCUT2D eigenvalue weighted by Crippen LogP contribution is -2.32. The molecule has 0 saturated heterocycles. The topological polar surface area (TPSA) is 70.6 Å². The number of amides is 2. The number of rotatable bonds is 3. The van der Waals surface area contributed by atoms with Crippen molar-refractivity contribution in [2.24, 2.45) is 5.10 Å². The molecular weight excluding hydrogens is 353 g/mol. The van der Waals surface area contributed by atoms with Crippen molar-refractivity contribution in [2.45, 2.75) is 0 Å². The van der Waals surface area contributed by atoms with Crippen molar-refractivity contribution in [2.75, 3.05) is 5.32 Å². The third kappa shape index (κ3) is 4.78. The minimum Gasteiger partial charge on any atom is -0.318 e. The third-order valence-electron chi connectivity index (χ3n) is 2.54. The second-order valence-corrected chi connectivity index (χ2v) is 5.13. The molecule has 0 aliphatic carbocycles. The number of nitrogens with one attached hydrogen (secondary N) is 2. The van der Waals surface area contributed by atoms with E-state index in [9.17, 15) is 14.0 Å². The summed E-state index contributed by atoms with van der Waals surface area (Å²) in [6.07, 6.45) is 1.40. The van der Waals surface area contributed by atoms with Crippen LogP contribution in [0.2, 0.25) is 0 Å². The lowest BCUT2D eigenvalue weighted by atomic mass is 10.2. The maximum absolute atomic E-state index is 13.0. The monoisotopic (exact) mass is 363 g/mol. The molecule has 0 atom stereocenters. The molecule has 112 valence electrons. The predicted molar refractivity (Wildman–Crippen MR) is 84.9 cm³/mol. The largest absolute Gasteiger partial charge is 0.329 e. The number of benzene rings is 2. The van der Waals surface area contributed by atoms with Crippen molar-refractivity contribution in [3.05, 3.63) is 64.4 Å². The molecule has 2 rings (SSSR count). The van der Waals surface area contributed by atoms with Crippen LogP contribution in [-0.2, 0) is 9.59 Å². The van der Waals surface area contributed by atoms with Gasteiger partial charge in [0.25, 0.3) is 0 Å². The van der Waals surface area contributed by atoms with Gasteiger partial charge in [0.05, 0.1) is 6.21 Å². The Bertz CT molecular complexity index is 717. The molecular formula is C15H11BrFN3O2. The summed E-state index contributed by atoms with van der Waals surface area (Å²) in [6, 6.07) is 12.4. The van der Waals surface area contributed by atoms with Gasteiger partial charge in [-0.15, -0.1) is 0 Å². The quantitative estimate of drug-likeness (QED) is 0.500. The molecule has 0 unspecified atom stereocenters. The first-order valence-electron chi connectivity index (χ1n) is 6.20. The molecule has 22 heavy (non-hydrogen) atoms. The number of halogens is 2. The fraction of sp³-hybridized carbons (Fsp3) is 0. The molecule has 0 heterocycles. The average Bonchev–Trinajstić information content (AvgIpc) is 2.49. The zero-order chi connectivity index (χ0) is 15.9. The van der Waals surface area contributed by atoms with Gasteiger partial charge in [-0.25, -0.2) is 9.82 Å². The molecule has 7 heteroatoms. The summed E-state index contributed by atoms with van der Waals surface area (Å²) in [7, 11) is 0. The number of anilines is 1. The minimum atomic E-state index is -0.947. The van der Waals surface area contributed by atoms with Crippen LogP contribution in [0.15, 0.2) is 58.1 Å². The summed E-state index contributed by atoms with van der Waals surface area (Å²) >= 11 is 3.30. The summed E-state index contributed by atoms with van der Waals surface area (Å²) in [5.41, 5.74) is 3.04. The lowest BCUT2D eigenvalue weighted by molar-refractivity contribution is -0.136. The lowest BCUT2D eigenvalue weighted by Gasteiger charge is -2.03. The van der Waals surface area contributed by atoms with Gasteiger partial charge in [-0.2, -0.15) is 5.10 Å². The second-order valence-electron chi connectivity index (χ2n) is 4.22. The third-order valence-corrected chi connectivity index (χ3v) is 3.07. The van der Waals surface area contributed by atoms with Crippen LogP contribution in [0.5, 0.6) is 0 Å². The summed E-state index contributed by atoms with van der Waals surface area (Å²) in [5.74, 6) is -2.39. The fourth-order valence-corrected chi connectivity index (χ4v) is 1.78. The standard InChI is InChI=1S/C15H11BrFN3O2/c16-11-6-4-10(5-7-11)9-18-20-15(22)14(21)19-13-3-1-2-12(17)8-13/h1-9H,(H,19,21)(H,20,22). The van der Waals surface area contributed by atoms with E-state index in [0.717, 1.165) is 16.1 Å². The van der Waals surface area contributed by atoms with Gasteiger partial charge in [-0.1, -0.05) is 34.1 Å². The molecule has 0 saturated carbocycles. The average molecular weight is 364 g/mol. The number of carbonyl (C=O) groups is 2. The van der Waals surface area contributed by atoms with Crippen molar-refractivity contribution >= 4 is 39.6 Å². The van der Waals surface area contributed by atoms with E-state index in [0.29, 0.717) is 0 Å².